The largest absolute Gasteiger partial charge is 0.505 e. The molecular weight excluding hydrogens is 712 g/mol. The van der Waals surface area contributed by atoms with E-state index in [1.54, 1.807) is 18.2 Å². The van der Waals surface area contributed by atoms with Crippen molar-refractivity contribution in [2.75, 3.05) is 18.1 Å². The Labute approximate surface area is 323 Å². The van der Waals surface area contributed by atoms with Crippen molar-refractivity contribution in [2.45, 2.75) is 58.1 Å². The third kappa shape index (κ3) is 7.27. The van der Waals surface area contributed by atoms with Gasteiger partial charge in [-0.05, 0) is 88.0 Å². The van der Waals surface area contributed by atoms with Gasteiger partial charge in [-0.1, -0.05) is 111 Å². The summed E-state index contributed by atoms with van der Waals surface area (Å²) in [5.41, 5.74) is 4.14. The number of phenols is 1. The van der Waals surface area contributed by atoms with Crippen molar-refractivity contribution in [3.05, 3.63) is 131 Å². The smallest absolute Gasteiger partial charge is 0.488 e. The highest BCUT2D eigenvalue weighted by molar-refractivity contribution is 6.99. The van der Waals surface area contributed by atoms with Crippen molar-refractivity contribution in [3.63, 3.8) is 0 Å². The summed E-state index contributed by atoms with van der Waals surface area (Å²) < 4.78 is 28.1. The Morgan fingerprint density at radius 2 is 1.60 bits per heavy atom. The lowest BCUT2D eigenvalue weighted by molar-refractivity contribution is -0.122. The van der Waals surface area contributed by atoms with Crippen molar-refractivity contribution < 1.29 is 38.3 Å². The van der Waals surface area contributed by atoms with Gasteiger partial charge in [-0.2, -0.15) is 0 Å². The van der Waals surface area contributed by atoms with Gasteiger partial charge in [-0.15, -0.1) is 0 Å². The summed E-state index contributed by atoms with van der Waals surface area (Å²) in [6, 6.07) is 31.3. The summed E-state index contributed by atoms with van der Waals surface area (Å²) in [6.45, 7) is 9.19. The van der Waals surface area contributed by atoms with Crippen LogP contribution in [0.5, 0.6) is 5.75 Å². The molecule has 0 unspecified atom stereocenters. The highest BCUT2D eigenvalue weighted by Gasteiger charge is 2.58. The second-order valence-electron chi connectivity index (χ2n) is 16.0. The summed E-state index contributed by atoms with van der Waals surface area (Å²) in [5.74, 6) is -3.31. The van der Waals surface area contributed by atoms with Crippen LogP contribution < -0.4 is 20.7 Å². The first-order valence-electron chi connectivity index (χ1n) is 18.9. The number of nitrogens with zero attached hydrogens (tertiary/aromatic N) is 1. The van der Waals surface area contributed by atoms with E-state index in [0.717, 1.165) is 27.1 Å². The zero-order chi connectivity index (χ0) is 39.1. The first-order chi connectivity index (χ1) is 26.3. The summed E-state index contributed by atoms with van der Waals surface area (Å²) in [7, 11) is -4.72. The van der Waals surface area contributed by atoms with E-state index in [2.05, 4.69) is 45.0 Å². The summed E-state index contributed by atoms with van der Waals surface area (Å²) in [4.78, 5) is 29.9. The molecule has 7 rings (SSSR count). The summed E-state index contributed by atoms with van der Waals surface area (Å²) in [6.07, 6.45) is 3.14. The number of hydrogen-bond donors (Lipinski definition) is 3. The van der Waals surface area contributed by atoms with Gasteiger partial charge in [0.05, 0.1) is 36.8 Å². The van der Waals surface area contributed by atoms with Gasteiger partial charge in [0.15, 0.2) is 11.6 Å². The average molecular weight is 760 g/mol. The molecule has 1 aliphatic carbocycles. The maximum atomic E-state index is 14.3. The Kier molecular flexibility index (Phi) is 10.9. The quantitative estimate of drug-likeness (QED) is 0.105. The maximum absolute atomic E-state index is 14.3. The van der Waals surface area contributed by atoms with Crippen molar-refractivity contribution in [3.8, 4) is 5.75 Å². The molecule has 4 aromatic carbocycles. The maximum Gasteiger partial charge on any atom is 0.488 e. The van der Waals surface area contributed by atoms with Crippen LogP contribution in [0.4, 0.5) is 10.1 Å². The monoisotopic (exact) mass is 759 g/mol. The van der Waals surface area contributed by atoms with Crippen LogP contribution in [0.2, 0.25) is 5.04 Å². The number of imide groups is 1. The Hall–Kier alpha value is -4.65. The number of ether oxygens (including phenoxy) is 1. The van der Waals surface area contributed by atoms with E-state index in [1.165, 1.54) is 29.2 Å². The van der Waals surface area contributed by atoms with Gasteiger partial charge in [-0.3, -0.25) is 14.5 Å². The SMILES string of the molecule is C/C(=C\c1ccc(O)c(F)c1)CC[C@H]1OC[C@H]2C1=C(CO[Si](c1ccccc1)(c1ccccc1)C(C)(C)C)C[C@H]1C(=O)N(c3cccc(B(O)O)c3)C(=O)[C@H]12. The summed E-state index contributed by atoms with van der Waals surface area (Å²) >= 11 is 0. The van der Waals surface area contributed by atoms with Crippen LogP contribution in [0, 0.1) is 23.6 Å². The molecular formula is C44H47BFNO7Si. The Balaban J connectivity index is 1.27. The first kappa shape index (κ1) is 38.6. The Morgan fingerprint density at radius 3 is 2.22 bits per heavy atom. The number of phenolic OH excluding ortho intramolecular Hbond substituents is 1. The van der Waals surface area contributed by atoms with E-state index in [4.69, 9.17) is 9.16 Å². The Bertz CT molecular complexity index is 2100. The molecule has 284 valence electrons. The second kappa shape index (κ2) is 15.5. The minimum Gasteiger partial charge on any atom is -0.505 e. The van der Waals surface area contributed by atoms with Gasteiger partial charge < -0.3 is 24.3 Å². The normalized spacial score (nSPS) is 21.6. The number of halogens is 1. The third-order valence-corrected chi connectivity index (χ3v) is 16.5. The van der Waals surface area contributed by atoms with Crippen LogP contribution >= 0.6 is 0 Å². The molecule has 2 aliphatic heterocycles. The lowest BCUT2D eigenvalue weighted by atomic mass is 9.69. The zero-order valence-electron chi connectivity index (χ0n) is 31.6. The third-order valence-electron chi connectivity index (χ3n) is 11.5. The van der Waals surface area contributed by atoms with Gasteiger partial charge in [0, 0.05) is 5.92 Å². The topological polar surface area (TPSA) is 117 Å². The van der Waals surface area contributed by atoms with E-state index in [1.807, 2.05) is 49.4 Å². The van der Waals surface area contributed by atoms with Crippen LogP contribution in [0.25, 0.3) is 6.08 Å². The van der Waals surface area contributed by atoms with Crippen molar-refractivity contribution in [1.82, 2.24) is 0 Å². The molecule has 8 nitrogen and oxygen atoms in total. The number of rotatable bonds is 11. The molecule has 0 saturated carbocycles. The highest BCUT2D eigenvalue weighted by atomic mass is 28.4. The van der Waals surface area contributed by atoms with Crippen molar-refractivity contribution in [1.29, 1.82) is 0 Å². The average Bonchev–Trinajstić information content (AvgIpc) is 3.70. The number of benzene rings is 4. The fourth-order valence-electron chi connectivity index (χ4n) is 8.97. The minimum atomic E-state index is -2.98. The van der Waals surface area contributed by atoms with Gasteiger partial charge in [0.25, 0.3) is 8.32 Å². The molecule has 2 fully saturated rings. The fraction of sp³-hybridized carbons (Fsp3) is 0.318. The van der Waals surface area contributed by atoms with Crippen LogP contribution in [0.3, 0.4) is 0 Å². The van der Waals surface area contributed by atoms with Crippen LogP contribution in [-0.4, -0.2) is 61.7 Å². The molecule has 4 aromatic rings. The predicted molar refractivity (Wildman–Crippen MR) is 215 cm³/mol. The van der Waals surface area contributed by atoms with Crippen LogP contribution in [0.15, 0.2) is 120 Å². The molecule has 2 saturated heterocycles. The molecule has 2 amide bonds. The number of carbonyl (C=O) groups excluding carboxylic acids is 2. The number of carbonyl (C=O) groups is 2. The number of aromatic hydroxyl groups is 1. The standard InChI is InChI=1S/C44H47BFNO7Si/c1-28(22-29-19-20-38(48)37(46)23-29)18-21-39-40-30(26-54-55(44(2,3)4,33-14-7-5-8-15-33)34-16-9-6-10-17-34)24-35-41(36(40)27-53-39)43(50)47(42(35)49)32-13-11-12-31(25-32)45(51)52/h5-17,19-20,22-23,25,35-36,39,41,48,51-52H,18,21,24,26-27H2,1-4H3/b28-22+/t35-,36+,39-,41-/m1/s1. The molecule has 0 bridgehead atoms. The molecule has 0 spiro atoms. The first-order valence-corrected chi connectivity index (χ1v) is 20.8. The van der Waals surface area contributed by atoms with E-state index in [0.29, 0.717) is 30.5 Å². The molecule has 3 N–H and O–H groups in total. The number of allylic oxidation sites excluding steroid dienone is 1. The summed E-state index contributed by atoms with van der Waals surface area (Å²) in [5, 5.41) is 31.4. The van der Waals surface area contributed by atoms with E-state index in [9.17, 15) is 29.1 Å². The van der Waals surface area contributed by atoms with E-state index >= 15 is 0 Å². The van der Waals surface area contributed by atoms with Gasteiger partial charge >= 0.3 is 7.12 Å². The lowest BCUT2D eigenvalue weighted by Crippen LogP contribution is -2.66. The second-order valence-corrected chi connectivity index (χ2v) is 20.3. The predicted octanol–water partition coefficient (Wildman–Crippen LogP) is 5.49. The molecule has 0 aromatic heterocycles. The molecule has 4 atom stereocenters. The van der Waals surface area contributed by atoms with Crippen molar-refractivity contribution in [2.24, 2.45) is 17.8 Å². The zero-order valence-corrected chi connectivity index (χ0v) is 32.6. The molecule has 0 radical (unpaired) electrons. The number of fused-ring (bicyclic) bond motifs is 3. The molecule has 55 heavy (non-hydrogen) atoms. The van der Waals surface area contributed by atoms with Gasteiger partial charge in [-0.25, -0.2) is 4.39 Å². The Morgan fingerprint density at radius 1 is 0.927 bits per heavy atom. The number of anilines is 1. The van der Waals surface area contributed by atoms with Crippen LogP contribution in [0.1, 0.15) is 52.5 Å². The lowest BCUT2D eigenvalue weighted by Gasteiger charge is -2.44. The molecule has 3 aliphatic rings. The van der Waals surface area contributed by atoms with E-state index < -0.39 is 38.8 Å². The number of hydrogen-bond acceptors (Lipinski definition) is 7. The fourth-order valence-corrected chi connectivity index (χ4v) is 13.5. The van der Waals surface area contributed by atoms with Gasteiger partial charge in [0.1, 0.15) is 0 Å². The van der Waals surface area contributed by atoms with Gasteiger partial charge in [0.2, 0.25) is 11.8 Å². The highest BCUT2D eigenvalue weighted by Crippen LogP contribution is 2.51. The molecule has 11 heteroatoms. The van der Waals surface area contributed by atoms with E-state index in [-0.39, 0.29) is 47.6 Å². The van der Waals surface area contributed by atoms with Crippen LogP contribution in [-0.2, 0) is 18.8 Å². The molecule has 2 heterocycles. The number of amides is 2. The van der Waals surface area contributed by atoms with Crippen molar-refractivity contribution >= 4 is 54.8 Å². The minimum absolute atomic E-state index is 0.189.